The fourth-order valence-electron chi connectivity index (χ4n) is 3.45. The fourth-order valence-corrected chi connectivity index (χ4v) is 4.36. The molecular formula is C21H27N3O4S. The van der Waals surface area contributed by atoms with Gasteiger partial charge >= 0.3 is 0 Å². The Morgan fingerprint density at radius 3 is 2.90 bits per heavy atom. The molecule has 1 saturated heterocycles. The molecule has 2 aromatic rings. The van der Waals surface area contributed by atoms with E-state index in [4.69, 9.17) is 14.2 Å². The third kappa shape index (κ3) is 4.83. The maximum Gasteiger partial charge on any atom is 0.194 e. The van der Waals surface area contributed by atoms with Crippen molar-refractivity contribution in [2.75, 3.05) is 26.4 Å². The van der Waals surface area contributed by atoms with Crippen LogP contribution in [-0.2, 0) is 15.2 Å². The van der Waals surface area contributed by atoms with Gasteiger partial charge in [-0.2, -0.15) is 0 Å². The summed E-state index contributed by atoms with van der Waals surface area (Å²) in [5.41, 5.74) is 1.98. The van der Waals surface area contributed by atoms with Crippen LogP contribution in [0.25, 0.3) is 12.2 Å². The van der Waals surface area contributed by atoms with Gasteiger partial charge in [0.1, 0.15) is 5.75 Å². The molecule has 1 fully saturated rings. The molecule has 1 aliphatic heterocycles. The van der Waals surface area contributed by atoms with Gasteiger partial charge in [0, 0.05) is 23.9 Å². The number of ether oxygens (including phenoxy) is 3. The van der Waals surface area contributed by atoms with Crippen molar-refractivity contribution in [3.8, 4) is 5.75 Å². The lowest BCUT2D eigenvalue weighted by atomic mass is 10.2. The third-order valence-corrected chi connectivity index (χ3v) is 6.08. The van der Waals surface area contributed by atoms with Crippen molar-refractivity contribution in [2.24, 2.45) is 0 Å². The summed E-state index contributed by atoms with van der Waals surface area (Å²) in [5.74, 6) is 0.562. The van der Waals surface area contributed by atoms with Crippen LogP contribution in [0.1, 0.15) is 36.9 Å². The van der Waals surface area contributed by atoms with Crippen LogP contribution >= 0.6 is 11.8 Å². The number of aliphatic hydroxyl groups is 1. The molecule has 2 N–H and O–H groups in total. The lowest BCUT2D eigenvalue weighted by molar-refractivity contribution is -0.286. The molecule has 29 heavy (non-hydrogen) atoms. The summed E-state index contributed by atoms with van der Waals surface area (Å²) in [7, 11) is 0. The van der Waals surface area contributed by atoms with E-state index in [1.807, 2.05) is 13.0 Å². The molecule has 0 saturated carbocycles. The molecule has 0 unspecified atom stereocenters. The molecule has 2 aliphatic rings. The highest BCUT2D eigenvalue weighted by Gasteiger charge is 2.34. The Kier molecular flexibility index (Phi) is 6.54. The molecule has 8 heteroatoms. The molecule has 0 aromatic carbocycles. The minimum absolute atomic E-state index is 0.171. The molecule has 7 nitrogen and oxygen atoms in total. The summed E-state index contributed by atoms with van der Waals surface area (Å²) in [6.07, 6.45) is 9.57. The van der Waals surface area contributed by atoms with Crippen LogP contribution < -0.4 is 15.4 Å². The number of rotatable bonds is 8. The normalized spacial score (nSPS) is 17.9. The summed E-state index contributed by atoms with van der Waals surface area (Å²) in [4.78, 5) is 12.5. The summed E-state index contributed by atoms with van der Waals surface area (Å²) in [5, 5.41) is 12.7. The van der Waals surface area contributed by atoms with Crippen LogP contribution in [-0.4, -0.2) is 52.3 Å². The first kappa shape index (κ1) is 20.4. The maximum atomic E-state index is 9.64. The molecule has 0 amide bonds. The summed E-state index contributed by atoms with van der Waals surface area (Å²) >= 11 is 1.64. The Labute approximate surface area is 174 Å². The van der Waals surface area contributed by atoms with E-state index >= 15 is 0 Å². The lowest BCUT2D eigenvalue weighted by Gasteiger charge is -2.35. The topological polar surface area (TPSA) is 89.5 Å². The number of fused-ring (bicyclic) bond motifs is 1. The quantitative estimate of drug-likeness (QED) is 0.632. The first-order valence-electron chi connectivity index (χ1n) is 10.0. The van der Waals surface area contributed by atoms with Gasteiger partial charge < -0.3 is 24.3 Å². The van der Waals surface area contributed by atoms with Crippen LogP contribution in [0.5, 0.6) is 5.75 Å². The minimum Gasteiger partial charge on any atom is -0.493 e. The second kappa shape index (κ2) is 9.30. The molecular weight excluding hydrogens is 390 g/mol. The van der Waals surface area contributed by atoms with Crippen LogP contribution in [0.15, 0.2) is 17.4 Å². The van der Waals surface area contributed by atoms with Crippen molar-refractivity contribution >= 4 is 23.9 Å². The van der Waals surface area contributed by atoms with E-state index in [-0.39, 0.29) is 6.61 Å². The number of nitrogens with one attached hydrogen (secondary N) is 1. The van der Waals surface area contributed by atoms with Gasteiger partial charge in [0.2, 0.25) is 0 Å². The van der Waals surface area contributed by atoms with E-state index in [1.165, 1.54) is 0 Å². The lowest BCUT2D eigenvalue weighted by Crippen LogP contribution is -2.45. The number of H-pyrrole nitrogens is 1. The van der Waals surface area contributed by atoms with E-state index < -0.39 is 5.79 Å². The van der Waals surface area contributed by atoms with Gasteiger partial charge in [-0.15, -0.1) is 0 Å². The van der Waals surface area contributed by atoms with Crippen LogP contribution in [0.3, 0.4) is 0 Å². The summed E-state index contributed by atoms with van der Waals surface area (Å²) < 4.78 is 17.3. The van der Waals surface area contributed by atoms with Gasteiger partial charge in [-0.25, -0.2) is 4.98 Å². The van der Waals surface area contributed by atoms with Gasteiger partial charge in [0.25, 0.3) is 0 Å². The van der Waals surface area contributed by atoms with Crippen molar-refractivity contribution in [3.63, 3.8) is 0 Å². The third-order valence-electron chi connectivity index (χ3n) is 5.20. The van der Waals surface area contributed by atoms with Crippen molar-refractivity contribution in [1.29, 1.82) is 0 Å². The zero-order valence-electron chi connectivity index (χ0n) is 16.6. The van der Waals surface area contributed by atoms with E-state index in [1.54, 1.807) is 18.0 Å². The minimum atomic E-state index is -0.940. The highest BCUT2D eigenvalue weighted by molar-refractivity contribution is 7.98. The molecule has 156 valence electrons. The average molecular weight is 418 g/mol. The highest BCUT2D eigenvalue weighted by atomic mass is 32.2. The van der Waals surface area contributed by atoms with E-state index in [0.29, 0.717) is 32.0 Å². The summed E-state index contributed by atoms with van der Waals surface area (Å²) in [6.45, 7) is 3.44. The average Bonchev–Trinajstić information content (AvgIpc) is 3.18. The maximum absolute atomic E-state index is 9.64. The molecule has 0 atom stereocenters. The Hall–Kier alpha value is -1.87. The second-order valence-corrected chi connectivity index (χ2v) is 8.18. The molecule has 0 spiro atoms. The Balaban J connectivity index is 1.36. The van der Waals surface area contributed by atoms with E-state index in [2.05, 4.69) is 27.1 Å². The zero-order valence-corrected chi connectivity index (χ0v) is 17.5. The van der Waals surface area contributed by atoms with Crippen LogP contribution in [0.2, 0.25) is 0 Å². The Morgan fingerprint density at radius 1 is 1.28 bits per heavy atom. The molecule has 2 aromatic heterocycles. The first-order valence-corrected chi connectivity index (χ1v) is 11.0. The van der Waals surface area contributed by atoms with E-state index in [9.17, 15) is 5.11 Å². The van der Waals surface area contributed by atoms with Crippen LogP contribution in [0, 0.1) is 6.92 Å². The van der Waals surface area contributed by atoms with Gasteiger partial charge in [-0.1, -0.05) is 23.9 Å². The van der Waals surface area contributed by atoms with Crippen molar-refractivity contribution < 1.29 is 19.3 Å². The van der Waals surface area contributed by atoms with Crippen molar-refractivity contribution in [3.05, 3.63) is 34.2 Å². The number of hydrogen-bond donors (Lipinski definition) is 2. The number of imidazole rings is 1. The largest absolute Gasteiger partial charge is 0.493 e. The van der Waals surface area contributed by atoms with Crippen LogP contribution in [0.4, 0.5) is 0 Å². The molecule has 3 heterocycles. The second-order valence-electron chi connectivity index (χ2n) is 7.21. The fraction of sp³-hybridized carbons (Fsp3) is 0.524. The number of aliphatic hydroxyl groups excluding tert-OH is 1. The number of aromatic nitrogens is 3. The van der Waals surface area contributed by atoms with E-state index in [0.717, 1.165) is 52.1 Å². The number of nitrogens with zero attached hydrogens (tertiary/aromatic N) is 2. The monoisotopic (exact) mass is 417 g/mol. The number of aromatic amines is 1. The smallest absolute Gasteiger partial charge is 0.194 e. The molecule has 0 radical (unpaired) electrons. The first-order chi connectivity index (χ1) is 14.2. The molecule has 4 rings (SSSR count). The number of thioether (sulfide) groups is 1. The zero-order chi connectivity index (χ0) is 20.1. The molecule has 0 bridgehead atoms. The van der Waals surface area contributed by atoms with Crippen molar-refractivity contribution in [1.82, 2.24) is 15.0 Å². The number of pyridine rings is 1. The Morgan fingerprint density at radius 2 is 2.10 bits per heavy atom. The Bertz CT molecular complexity index is 920. The summed E-state index contributed by atoms with van der Waals surface area (Å²) in [6, 6.07) is 1.87. The predicted molar refractivity (Wildman–Crippen MR) is 111 cm³/mol. The van der Waals surface area contributed by atoms with Gasteiger partial charge in [0.15, 0.2) is 10.9 Å². The number of hydrogen-bond acceptors (Lipinski definition) is 7. The van der Waals surface area contributed by atoms with Crippen molar-refractivity contribution in [2.45, 2.75) is 49.3 Å². The van der Waals surface area contributed by atoms with Gasteiger partial charge in [-0.05, 0) is 32.3 Å². The standard InChI is InChI=1S/C21H27N3O4S/c1-15-18(13-29-20-23-16-5-2-3-6-17(16)24-20)22-9-7-19(15)26-12-8-21(14-25)27-10-4-11-28-21/h5-7,9,25H,2-4,8,10-14H2,1H3,(H,23,24). The van der Waals surface area contributed by atoms with Gasteiger partial charge in [-0.3, -0.25) is 4.98 Å². The SMILES string of the molecule is Cc1c(OCCC2(CO)OCCCO2)ccnc1CSc1nc2c([nH]1)=CCCC=2. The predicted octanol–water partition coefficient (Wildman–Crippen LogP) is 1.65. The highest BCUT2D eigenvalue weighted by Crippen LogP contribution is 2.27. The van der Waals surface area contributed by atoms with Gasteiger partial charge in [0.05, 0.1) is 42.8 Å². The molecule has 1 aliphatic carbocycles.